The number of hydrogen-bond donors (Lipinski definition) is 0. The molecule has 0 saturated heterocycles. The summed E-state index contributed by atoms with van der Waals surface area (Å²) in [5.74, 6) is -2.40. The number of rotatable bonds is 4. The lowest BCUT2D eigenvalue weighted by atomic mass is 10.0. The molecule has 3 rings (SSSR count). The third-order valence-electron chi connectivity index (χ3n) is 3.80. The molecule has 0 saturated carbocycles. The molecule has 2 aromatic rings. The molecule has 0 spiro atoms. The van der Waals surface area contributed by atoms with Crippen LogP contribution in [-0.4, -0.2) is 22.8 Å². The molecular weight excluding hydrogens is 330 g/mol. The SMILES string of the molecule is CC(Cc1ccc(Cl)cc1)C(=O)ON1C(=O)c2ccccc2C1=O. The Bertz CT molecular complexity index is 781. The number of carbonyl (C=O) groups is 3. The molecule has 1 aliphatic rings. The summed E-state index contributed by atoms with van der Waals surface area (Å²) in [6.45, 7) is 1.68. The van der Waals surface area contributed by atoms with E-state index in [1.165, 1.54) is 12.1 Å². The van der Waals surface area contributed by atoms with Crippen molar-refractivity contribution in [1.82, 2.24) is 5.06 Å². The number of hydrogen-bond acceptors (Lipinski definition) is 4. The minimum atomic E-state index is -0.639. The average Bonchev–Trinajstić information content (AvgIpc) is 2.82. The second kappa shape index (κ2) is 6.45. The summed E-state index contributed by atoms with van der Waals surface area (Å²) in [6.07, 6.45) is 0.416. The van der Waals surface area contributed by atoms with Crippen molar-refractivity contribution in [2.45, 2.75) is 13.3 Å². The Morgan fingerprint density at radius 3 is 2.12 bits per heavy atom. The quantitative estimate of drug-likeness (QED) is 0.799. The maximum absolute atomic E-state index is 12.2. The van der Waals surface area contributed by atoms with Gasteiger partial charge in [0.15, 0.2) is 0 Å². The molecular formula is C18H14ClNO4. The van der Waals surface area contributed by atoms with Gasteiger partial charge in [0.1, 0.15) is 0 Å². The molecule has 1 aliphatic heterocycles. The van der Waals surface area contributed by atoms with Crippen LogP contribution in [0.2, 0.25) is 5.02 Å². The van der Waals surface area contributed by atoms with Crippen LogP contribution >= 0.6 is 11.6 Å². The summed E-state index contributed by atoms with van der Waals surface area (Å²) in [4.78, 5) is 41.6. The number of nitrogens with zero attached hydrogens (tertiary/aromatic N) is 1. The summed E-state index contributed by atoms with van der Waals surface area (Å²) in [7, 11) is 0. The van der Waals surface area contributed by atoms with Crippen LogP contribution in [0.4, 0.5) is 0 Å². The first-order chi connectivity index (χ1) is 11.5. The third-order valence-corrected chi connectivity index (χ3v) is 4.05. The maximum atomic E-state index is 12.2. The van der Waals surface area contributed by atoms with Crippen LogP contribution in [-0.2, 0) is 16.1 Å². The molecule has 5 nitrogen and oxygen atoms in total. The van der Waals surface area contributed by atoms with E-state index >= 15 is 0 Å². The van der Waals surface area contributed by atoms with E-state index in [-0.39, 0.29) is 11.1 Å². The number of benzene rings is 2. The van der Waals surface area contributed by atoms with Gasteiger partial charge in [-0.05, 0) is 36.2 Å². The van der Waals surface area contributed by atoms with Gasteiger partial charge in [-0.1, -0.05) is 47.9 Å². The maximum Gasteiger partial charge on any atom is 0.336 e. The lowest BCUT2D eigenvalue weighted by Gasteiger charge is -2.16. The Kier molecular flexibility index (Phi) is 4.36. The van der Waals surface area contributed by atoms with Gasteiger partial charge in [-0.3, -0.25) is 9.59 Å². The Labute approximate surface area is 143 Å². The molecule has 1 heterocycles. The second-order valence-electron chi connectivity index (χ2n) is 5.59. The normalized spacial score (nSPS) is 14.5. The van der Waals surface area contributed by atoms with Crippen molar-refractivity contribution in [2.75, 3.05) is 0 Å². The zero-order valence-electron chi connectivity index (χ0n) is 12.9. The fourth-order valence-electron chi connectivity index (χ4n) is 2.49. The monoisotopic (exact) mass is 343 g/mol. The number of fused-ring (bicyclic) bond motifs is 1. The van der Waals surface area contributed by atoms with Gasteiger partial charge in [-0.25, -0.2) is 4.79 Å². The van der Waals surface area contributed by atoms with Crippen molar-refractivity contribution in [2.24, 2.45) is 5.92 Å². The Morgan fingerprint density at radius 1 is 1.04 bits per heavy atom. The zero-order chi connectivity index (χ0) is 17.3. The molecule has 2 amide bonds. The molecule has 0 fully saturated rings. The first-order valence-corrected chi connectivity index (χ1v) is 7.79. The van der Waals surface area contributed by atoms with Gasteiger partial charge in [-0.2, -0.15) is 0 Å². The van der Waals surface area contributed by atoms with Crippen LogP contribution in [0, 0.1) is 5.92 Å². The van der Waals surface area contributed by atoms with Crippen LogP contribution in [0.5, 0.6) is 0 Å². The average molecular weight is 344 g/mol. The molecule has 122 valence electrons. The molecule has 0 bridgehead atoms. The molecule has 0 N–H and O–H groups in total. The molecule has 0 aromatic heterocycles. The van der Waals surface area contributed by atoms with E-state index in [0.29, 0.717) is 16.5 Å². The standard InChI is InChI=1S/C18H14ClNO4/c1-11(10-12-6-8-13(19)9-7-12)18(23)24-20-16(21)14-4-2-3-5-15(14)17(20)22/h2-9,11H,10H2,1H3. The van der Waals surface area contributed by atoms with Crippen LogP contribution in [0.1, 0.15) is 33.2 Å². The van der Waals surface area contributed by atoms with E-state index in [1.807, 2.05) is 12.1 Å². The van der Waals surface area contributed by atoms with Crippen LogP contribution in [0.15, 0.2) is 48.5 Å². The van der Waals surface area contributed by atoms with Gasteiger partial charge in [-0.15, -0.1) is 0 Å². The molecule has 2 aromatic carbocycles. The smallest absolute Gasteiger partial charge is 0.329 e. The topological polar surface area (TPSA) is 63.7 Å². The van der Waals surface area contributed by atoms with Crippen molar-refractivity contribution in [1.29, 1.82) is 0 Å². The van der Waals surface area contributed by atoms with Crippen molar-refractivity contribution in [3.63, 3.8) is 0 Å². The van der Waals surface area contributed by atoms with Crippen molar-refractivity contribution < 1.29 is 19.2 Å². The second-order valence-corrected chi connectivity index (χ2v) is 6.03. The lowest BCUT2D eigenvalue weighted by molar-refractivity contribution is -0.173. The van der Waals surface area contributed by atoms with E-state index < -0.39 is 23.7 Å². The fraction of sp³-hybridized carbons (Fsp3) is 0.167. The Balaban J connectivity index is 1.68. The van der Waals surface area contributed by atoms with E-state index in [0.717, 1.165) is 5.56 Å². The van der Waals surface area contributed by atoms with E-state index in [2.05, 4.69) is 0 Å². The Morgan fingerprint density at radius 2 is 1.58 bits per heavy atom. The molecule has 0 aliphatic carbocycles. The first kappa shape index (κ1) is 16.2. The lowest BCUT2D eigenvalue weighted by Crippen LogP contribution is -2.35. The summed E-state index contributed by atoms with van der Waals surface area (Å²) in [5.41, 5.74) is 1.38. The van der Waals surface area contributed by atoms with Gasteiger partial charge >= 0.3 is 5.97 Å². The highest BCUT2D eigenvalue weighted by atomic mass is 35.5. The highest BCUT2D eigenvalue weighted by Crippen LogP contribution is 2.23. The number of hydroxylamine groups is 2. The fourth-order valence-corrected chi connectivity index (χ4v) is 2.61. The van der Waals surface area contributed by atoms with Gasteiger partial charge in [0, 0.05) is 5.02 Å². The molecule has 0 radical (unpaired) electrons. The van der Waals surface area contributed by atoms with Crippen molar-refractivity contribution in [3.8, 4) is 0 Å². The van der Waals surface area contributed by atoms with Crippen molar-refractivity contribution in [3.05, 3.63) is 70.2 Å². The molecule has 24 heavy (non-hydrogen) atoms. The highest BCUT2D eigenvalue weighted by molar-refractivity contribution is 6.30. The zero-order valence-corrected chi connectivity index (χ0v) is 13.6. The Hall–Kier alpha value is -2.66. The predicted octanol–water partition coefficient (Wildman–Crippen LogP) is 3.27. The predicted molar refractivity (Wildman–Crippen MR) is 87.4 cm³/mol. The first-order valence-electron chi connectivity index (χ1n) is 7.41. The molecule has 1 atom stereocenters. The largest absolute Gasteiger partial charge is 0.336 e. The van der Waals surface area contributed by atoms with Gasteiger partial charge in [0.05, 0.1) is 17.0 Å². The van der Waals surface area contributed by atoms with Crippen molar-refractivity contribution >= 4 is 29.4 Å². The van der Waals surface area contributed by atoms with Crippen LogP contribution in [0.3, 0.4) is 0 Å². The van der Waals surface area contributed by atoms with Gasteiger partial charge in [0.2, 0.25) is 0 Å². The van der Waals surface area contributed by atoms with Gasteiger partial charge < -0.3 is 4.84 Å². The number of carbonyl (C=O) groups excluding carboxylic acids is 3. The minimum absolute atomic E-state index is 0.237. The summed E-state index contributed by atoms with van der Waals surface area (Å²) >= 11 is 5.83. The minimum Gasteiger partial charge on any atom is -0.329 e. The number of halogens is 1. The number of imide groups is 1. The highest BCUT2D eigenvalue weighted by Gasteiger charge is 2.39. The summed E-state index contributed by atoms with van der Waals surface area (Å²) < 4.78 is 0. The van der Waals surface area contributed by atoms with E-state index in [9.17, 15) is 14.4 Å². The third kappa shape index (κ3) is 3.03. The molecule has 1 unspecified atom stereocenters. The van der Waals surface area contributed by atoms with Gasteiger partial charge in [0.25, 0.3) is 11.8 Å². The molecule has 6 heteroatoms. The van der Waals surface area contributed by atoms with E-state index in [4.69, 9.17) is 16.4 Å². The van der Waals surface area contributed by atoms with Crippen LogP contribution < -0.4 is 0 Å². The summed E-state index contributed by atoms with van der Waals surface area (Å²) in [5, 5.41) is 1.14. The number of amides is 2. The van der Waals surface area contributed by atoms with E-state index in [1.54, 1.807) is 31.2 Å². The van der Waals surface area contributed by atoms with Crippen LogP contribution in [0.25, 0.3) is 0 Å². The summed E-state index contributed by atoms with van der Waals surface area (Å²) in [6, 6.07) is 13.5.